The zero-order chi connectivity index (χ0) is 10.8. The SMILES string of the molecule is CCC(C)(C)c1ccccc1C(N)=O. The van der Waals surface area contributed by atoms with Crippen molar-refractivity contribution in [2.45, 2.75) is 32.6 Å². The largest absolute Gasteiger partial charge is 0.366 e. The number of hydrogen-bond acceptors (Lipinski definition) is 1. The zero-order valence-corrected chi connectivity index (χ0v) is 9.00. The fourth-order valence-electron chi connectivity index (χ4n) is 1.48. The lowest BCUT2D eigenvalue weighted by atomic mass is 9.79. The highest BCUT2D eigenvalue weighted by atomic mass is 16.1. The number of nitrogens with two attached hydrogens (primary N) is 1. The molecule has 76 valence electrons. The van der Waals surface area contributed by atoms with Gasteiger partial charge in [-0.2, -0.15) is 0 Å². The Morgan fingerprint density at radius 2 is 1.93 bits per heavy atom. The first kappa shape index (κ1) is 10.8. The minimum absolute atomic E-state index is 0.00558. The summed E-state index contributed by atoms with van der Waals surface area (Å²) in [4.78, 5) is 11.2. The summed E-state index contributed by atoms with van der Waals surface area (Å²) in [7, 11) is 0. The molecule has 2 nitrogen and oxygen atoms in total. The van der Waals surface area contributed by atoms with Crippen LogP contribution in [0.1, 0.15) is 43.1 Å². The van der Waals surface area contributed by atoms with E-state index in [9.17, 15) is 4.79 Å². The van der Waals surface area contributed by atoms with E-state index in [0.29, 0.717) is 5.56 Å². The molecule has 0 saturated heterocycles. The third-order valence-corrected chi connectivity index (χ3v) is 2.81. The molecule has 0 aliphatic rings. The van der Waals surface area contributed by atoms with Crippen molar-refractivity contribution < 1.29 is 4.79 Å². The Bertz CT molecular complexity index is 342. The van der Waals surface area contributed by atoms with Crippen LogP contribution in [0, 0.1) is 0 Å². The van der Waals surface area contributed by atoms with Crippen LogP contribution in [0.15, 0.2) is 24.3 Å². The van der Waals surface area contributed by atoms with E-state index in [0.717, 1.165) is 12.0 Å². The van der Waals surface area contributed by atoms with Crippen LogP contribution in [-0.4, -0.2) is 5.91 Å². The summed E-state index contributed by atoms with van der Waals surface area (Å²) < 4.78 is 0. The molecule has 1 rings (SSSR count). The van der Waals surface area contributed by atoms with Crippen LogP contribution < -0.4 is 5.73 Å². The average Bonchev–Trinajstić information content (AvgIpc) is 2.18. The van der Waals surface area contributed by atoms with Crippen LogP contribution in [0.3, 0.4) is 0 Å². The Hall–Kier alpha value is -1.31. The van der Waals surface area contributed by atoms with E-state index in [4.69, 9.17) is 5.73 Å². The molecule has 0 aliphatic heterocycles. The van der Waals surface area contributed by atoms with Crippen molar-refractivity contribution in [3.8, 4) is 0 Å². The van der Waals surface area contributed by atoms with E-state index in [1.165, 1.54) is 0 Å². The van der Waals surface area contributed by atoms with Crippen molar-refractivity contribution in [3.05, 3.63) is 35.4 Å². The van der Waals surface area contributed by atoms with Gasteiger partial charge in [0.05, 0.1) is 0 Å². The molecule has 1 aromatic carbocycles. The van der Waals surface area contributed by atoms with Crippen molar-refractivity contribution in [2.75, 3.05) is 0 Å². The first-order valence-corrected chi connectivity index (χ1v) is 4.88. The van der Waals surface area contributed by atoms with E-state index in [1.54, 1.807) is 6.07 Å². The second-order valence-corrected chi connectivity index (χ2v) is 4.15. The van der Waals surface area contributed by atoms with Crippen molar-refractivity contribution in [1.29, 1.82) is 0 Å². The minimum Gasteiger partial charge on any atom is -0.366 e. The monoisotopic (exact) mass is 191 g/mol. The van der Waals surface area contributed by atoms with E-state index >= 15 is 0 Å². The Kier molecular flexibility index (Phi) is 2.94. The number of rotatable bonds is 3. The molecule has 1 aromatic rings. The zero-order valence-electron chi connectivity index (χ0n) is 9.00. The van der Waals surface area contributed by atoms with Gasteiger partial charge in [-0.05, 0) is 23.5 Å². The standard InChI is InChI=1S/C12H17NO/c1-4-12(2,3)10-8-6-5-7-9(10)11(13)14/h5-8H,4H2,1-3H3,(H2,13,14). The van der Waals surface area contributed by atoms with Crippen LogP contribution in [0.5, 0.6) is 0 Å². The second kappa shape index (κ2) is 3.82. The fourth-order valence-corrected chi connectivity index (χ4v) is 1.48. The number of carbonyl (C=O) groups excluding carboxylic acids is 1. The summed E-state index contributed by atoms with van der Waals surface area (Å²) in [5, 5.41) is 0. The third-order valence-electron chi connectivity index (χ3n) is 2.81. The Balaban J connectivity index is 3.27. The second-order valence-electron chi connectivity index (χ2n) is 4.15. The van der Waals surface area contributed by atoms with Gasteiger partial charge in [0.25, 0.3) is 0 Å². The van der Waals surface area contributed by atoms with Crippen molar-refractivity contribution in [2.24, 2.45) is 5.73 Å². The summed E-state index contributed by atoms with van der Waals surface area (Å²) in [6.45, 7) is 6.35. The summed E-state index contributed by atoms with van der Waals surface area (Å²) in [6.07, 6.45) is 0.983. The number of primary amides is 1. The molecule has 0 fully saturated rings. The van der Waals surface area contributed by atoms with Gasteiger partial charge in [0, 0.05) is 5.56 Å². The van der Waals surface area contributed by atoms with Crippen LogP contribution in [0.2, 0.25) is 0 Å². The van der Waals surface area contributed by atoms with Gasteiger partial charge >= 0.3 is 0 Å². The lowest BCUT2D eigenvalue weighted by molar-refractivity contribution is 0.0998. The topological polar surface area (TPSA) is 43.1 Å². The quantitative estimate of drug-likeness (QED) is 0.783. The smallest absolute Gasteiger partial charge is 0.248 e. The van der Waals surface area contributed by atoms with Gasteiger partial charge in [-0.15, -0.1) is 0 Å². The van der Waals surface area contributed by atoms with Gasteiger partial charge in [-0.3, -0.25) is 4.79 Å². The van der Waals surface area contributed by atoms with E-state index < -0.39 is 0 Å². The first-order valence-electron chi connectivity index (χ1n) is 4.88. The molecule has 0 saturated carbocycles. The molecule has 2 heteroatoms. The van der Waals surface area contributed by atoms with Crippen LogP contribution >= 0.6 is 0 Å². The predicted octanol–water partition coefficient (Wildman–Crippen LogP) is 2.47. The molecule has 1 amide bonds. The molecule has 0 unspecified atom stereocenters. The number of benzene rings is 1. The molecule has 0 atom stereocenters. The summed E-state index contributed by atoms with van der Waals surface area (Å²) in [5.74, 6) is -0.345. The van der Waals surface area contributed by atoms with Crippen LogP contribution in [0.25, 0.3) is 0 Å². The molecule has 0 heterocycles. The Morgan fingerprint density at radius 1 is 1.36 bits per heavy atom. The van der Waals surface area contributed by atoms with Gasteiger partial charge in [0.15, 0.2) is 0 Å². The maximum Gasteiger partial charge on any atom is 0.248 e. The molecule has 0 radical (unpaired) electrons. The lowest BCUT2D eigenvalue weighted by Gasteiger charge is -2.25. The molecular weight excluding hydrogens is 174 g/mol. The molecule has 2 N–H and O–H groups in total. The normalized spacial score (nSPS) is 11.4. The Labute approximate surface area is 85.1 Å². The molecular formula is C12H17NO. The third kappa shape index (κ3) is 1.95. The highest BCUT2D eigenvalue weighted by Gasteiger charge is 2.22. The van der Waals surface area contributed by atoms with Crippen LogP contribution in [0.4, 0.5) is 0 Å². The summed E-state index contributed by atoms with van der Waals surface area (Å²) in [6, 6.07) is 7.55. The Morgan fingerprint density at radius 3 is 2.43 bits per heavy atom. The molecule has 0 aromatic heterocycles. The van der Waals surface area contributed by atoms with Gasteiger partial charge in [-0.1, -0.05) is 39.0 Å². The minimum atomic E-state index is -0.345. The maximum absolute atomic E-state index is 11.2. The maximum atomic E-state index is 11.2. The molecule has 0 aliphatic carbocycles. The van der Waals surface area contributed by atoms with Gasteiger partial charge in [0.2, 0.25) is 5.91 Å². The fraction of sp³-hybridized carbons (Fsp3) is 0.417. The molecule has 0 spiro atoms. The highest BCUT2D eigenvalue weighted by molar-refractivity contribution is 5.94. The highest BCUT2D eigenvalue weighted by Crippen LogP contribution is 2.29. The van der Waals surface area contributed by atoms with Crippen molar-refractivity contribution in [1.82, 2.24) is 0 Å². The summed E-state index contributed by atoms with van der Waals surface area (Å²) >= 11 is 0. The summed E-state index contributed by atoms with van der Waals surface area (Å²) in [5.41, 5.74) is 7.01. The van der Waals surface area contributed by atoms with Crippen molar-refractivity contribution >= 4 is 5.91 Å². The van der Waals surface area contributed by atoms with E-state index in [2.05, 4.69) is 20.8 Å². The molecule has 0 bridgehead atoms. The van der Waals surface area contributed by atoms with E-state index in [1.807, 2.05) is 18.2 Å². The van der Waals surface area contributed by atoms with Crippen molar-refractivity contribution in [3.63, 3.8) is 0 Å². The van der Waals surface area contributed by atoms with Gasteiger partial charge < -0.3 is 5.73 Å². The van der Waals surface area contributed by atoms with Gasteiger partial charge in [-0.25, -0.2) is 0 Å². The number of amides is 1. The average molecular weight is 191 g/mol. The van der Waals surface area contributed by atoms with Gasteiger partial charge in [0.1, 0.15) is 0 Å². The number of hydrogen-bond donors (Lipinski definition) is 1. The molecule has 14 heavy (non-hydrogen) atoms. The lowest BCUT2D eigenvalue weighted by Crippen LogP contribution is -2.22. The number of carbonyl (C=O) groups is 1. The van der Waals surface area contributed by atoms with E-state index in [-0.39, 0.29) is 11.3 Å². The first-order chi connectivity index (χ1) is 6.49. The van der Waals surface area contributed by atoms with Crippen LogP contribution in [-0.2, 0) is 5.41 Å². The predicted molar refractivity (Wildman–Crippen MR) is 58.3 cm³/mol.